The van der Waals surface area contributed by atoms with Crippen molar-refractivity contribution in [1.29, 1.82) is 0 Å². The van der Waals surface area contributed by atoms with Gasteiger partial charge in [-0.05, 0) is 12.8 Å². The van der Waals surface area contributed by atoms with Crippen molar-refractivity contribution in [3.63, 3.8) is 0 Å². The van der Waals surface area contributed by atoms with Crippen LogP contribution < -0.4 is 0 Å². The van der Waals surface area contributed by atoms with Crippen LogP contribution in [0.4, 0.5) is 0 Å². The number of amides is 1. The van der Waals surface area contributed by atoms with Gasteiger partial charge in [0, 0.05) is 17.7 Å². The Hall–Kier alpha value is -1.92. The number of aromatic nitrogens is 1. The molecule has 1 aliphatic carbocycles. The maximum atomic E-state index is 12.9. The zero-order valence-electron chi connectivity index (χ0n) is 14.4. The molecule has 1 aromatic carbocycles. The van der Waals surface area contributed by atoms with Crippen molar-refractivity contribution < 1.29 is 9.21 Å². The number of oxazole rings is 1. The molecule has 0 unspecified atom stereocenters. The smallest absolute Gasteiger partial charge is 0.266 e. The van der Waals surface area contributed by atoms with E-state index in [-0.39, 0.29) is 11.9 Å². The van der Waals surface area contributed by atoms with Crippen LogP contribution in [0.1, 0.15) is 44.4 Å². The topological polar surface area (TPSA) is 46.3 Å². The van der Waals surface area contributed by atoms with Crippen LogP contribution in [0.3, 0.4) is 0 Å². The molecule has 1 amide bonds. The molecule has 0 N–H and O–H groups in total. The molecule has 6 heteroatoms. The Morgan fingerprint density at radius 2 is 1.88 bits per heavy atom. The molecule has 1 saturated heterocycles. The van der Waals surface area contributed by atoms with Crippen LogP contribution in [-0.2, 0) is 4.79 Å². The van der Waals surface area contributed by atoms with Crippen molar-refractivity contribution in [3.8, 4) is 11.3 Å². The van der Waals surface area contributed by atoms with E-state index < -0.39 is 0 Å². The van der Waals surface area contributed by atoms with Gasteiger partial charge in [0.05, 0.1) is 11.1 Å². The summed E-state index contributed by atoms with van der Waals surface area (Å²) >= 11 is 6.84. The van der Waals surface area contributed by atoms with Gasteiger partial charge in [0.2, 0.25) is 5.89 Å². The summed E-state index contributed by atoms with van der Waals surface area (Å²) in [5.74, 6) is 1.12. The van der Waals surface area contributed by atoms with Crippen molar-refractivity contribution in [3.05, 3.63) is 47.3 Å². The number of thiocarbonyl (C=S) groups is 1. The van der Waals surface area contributed by atoms with E-state index in [1.165, 1.54) is 37.4 Å². The molecule has 2 fully saturated rings. The molecule has 4 rings (SSSR count). The van der Waals surface area contributed by atoms with E-state index in [0.29, 0.717) is 20.9 Å². The average molecular weight is 385 g/mol. The van der Waals surface area contributed by atoms with Gasteiger partial charge in [0.15, 0.2) is 5.76 Å². The van der Waals surface area contributed by atoms with Gasteiger partial charge in [-0.1, -0.05) is 80.0 Å². The molecule has 0 spiro atoms. The van der Waals surface area contributed by atoms with Crippen LogP contribution in [0.15, 0.2) is 45.9 Å². The van der Waals surface area contributed by atoms with Gasteiger partial charge in [0.25, 0.3) is 5.91 Å². The maximum Gasteiger partial charge on any atom is 0.266 e. The zero-order chi connectivity index (χ0) is 17.9. The van der Waals surface area contributed by atoms with Gasteiger partial charge in [-0.15, -0.1) is 0 Å². The second-order valence-electron chi connectivity index (χ2n) is 6.63. The molecule has 4 nitrogen and oxygen atoms in total. The van der Waals surface area contributed by atoms with Gasteiger partial charge >= 0.3 is 0 Å². The summed E-state index contributed by atoms with van der Waals surface area (Å²) in [6, 6.07) is 10.0. The lowest BCUT2D eigenvalue weighted by molar-refractivity contribution is -0.123. The SMILES string of the molecule is O=C1C(=Cc2ncc(-c3ccccc3)o2)SC(=S)N1C1CCCCCC1. The summed E-state index contributed by atoms with van der Waals surface area (Å²) in [6.45, 7) is 0. The van der Waals surface area contributed by atoms with E-state index in [2.05, 4.69) is 4.98 Å². The predicted octanol–water partition coefficient (Wildman–Crippen LogP) is 5.27. The summed E-state index contributed by atoms with van der Waals surface area (Å²) in [7, 11) is 0. The lowest BCUT2D eigenvalue weighted by Gasteiger charge is -2.25. The van der Waals surface area contributed by atoms with Crippen LogP contribution in [0.25, 0.3) is 17.4 Å². The van der Waals surface area contributed by atoms with E-state index in [9.17, 15) is 4.79 Å². The number of nitrogens with zero attached hydrogens (tertiary/aromatic N) is 2. The minimum atomic E-state index is -0.00800. The number of hydrogen-bond acceptors (Lipinski definition) is 5. The minimum Gasteiger partial charge on any atom is -0.437 e. The number of carbonyl (C=O) groups is 1. The van der Waals surface area contributed by atoms with Crippen LogP contribution >= 0.6 is 24.0 Å². The summed E-state index contributed by atoms with van der Waals surface area (Å²) < 4.78 is 6.46. The number of hydrogen-bond donors (Lipinski definition) is 0. The molecule has 134 valence electrons. The molecule has 26 heavy (non-hydrogen) atoms. The monoisotopic (exact) mass is 384 g/mol. The molecule has 2 heterocycles. The molecular formula is C20H20N2O2S2. The van der Waals surface area contributed by atoms with E-state index in [1.807, 2.05) is 35.2 Å². The summed E-state index contributed by atoms with van der Waals surface area (Å²) in [5, 5.41) is 0. The number of benzene rings is 1. The van der Waals surface area contributed by atoms with Crippen LogP contribution in [0.5, 0.6) is 0 Å². The van der Waals surface area contributed by atoms with E-state index >= 15 is 0 Å². The normalized spacial score (nSPS) is 20.8. The summed E-state index contributed by atoms with van der Waals surface area (Å²) in [6.07, 6.45) is 10.3. The van der Waals surface area contributed by atoms with Gasteiger partial charge in [0.1, 0.15) is 4.32 Å². The van der Waals surface area contributed by atoms with E-state index in [0.717, 1.165) is 18.4 Å². The molecule has 0 radical (unpaired) electrons. The highest BCUT2D eigenvalue weighted by molar-refractivity contribution is 8.26. The molecular weight excluding hydrogens is 364 g/mol. The van der Waals surface area contributed by atoms with Crippen LogP contribution in [0, 0.1) is 0 Å². The Labute approximate surface area is 162 Å². The van der Waals surface area contributed by atoms with Crippen molar-refractivity contribution >= 4 is 40.3 Å². The molecule has 1 aromatic heterocycles. The van der Waals surface area contributed by atoms with E-state index in [4.69, 9.17) is 16.6 Å². The van der Waals surface area contributed by atoms with Crippen LogP contribution in [-0.4, -0.2) is 26.2 Å². The van der Waals surface area contributed by atoms with Crippen molar-refractivity contribution in [1.82, 2.24) is 9.88 Å². The first-order chi connectivity index (χ1) is 12.7. The fourth-order valence-electron chi connectivity index (χ4n) is 3.51. The standard InChI is InChI=1S/C20H20N2O2S2/c23-19-17(26-20(25)22(19)15-10-6-1-2-7-11-15)12-18-21-13-16(24-18)14-8-4-3-5-9-14/h3-5,8-9,12-13,15H,1-2,6-7,10-11H2. The lowest BCUT2D eigenvalue weighted by Crippen LogP contribution is -2.38. The molecule has 0 atom stereocenters. The largest absolute Gasteiger partial charge is 0.437 e. The highest BCUT2D eigenvalue weighted by Crippen LogP contribution is 2.37. The molecule has 0 bridgehead atoms. The Bertz CT molecular complexity index is 837. The number of thioether (sulfide) groups is 1. The Kier molecular flexibility index (Phi) is 5.22. The second kappa shape index (κ2) is 7.76. The molecule has 1 aliphatic heterocycles. The third-order valence-electron chi connectivity index (χ3n) is 4.85. The quantitative estimate of drug-likeness (QED) is 0.410. The Morgan fingerprint density at radius 1 is 1.15 bits per heavy atom. The highest BCUT2D eigenvalue weighted by atomic mass is 32.2. The Balaban J connectivity index is 1.54. The first-order valence-corrected chi connectivity index (χ1v) is 10.2. The van der Waals surface area contributed by atoms with E-state index in [1.54, 1.807) is 12.3 Å². The molecule has 2 aromatic rings. The second-order valence-corrected chi connectivity index (χ2v) is 8.30. The fraction of sp³-hybridized carbons (Fsp3) is 0.350. The number of carbonyl (C=O) groups excluding carboxylic acids is 1. The maximum absolute atomic E-state index is 12.9. The predicted molar refractivity (Wildman–Crippen MR) is 108 cm³/mol. The first-order valence-electron chi connectivity index (χ1n) is 9.01. The minimum absolute atomic E-state index is 0.00800. The average Bonchev–Trinajstić information content (AvgIpc) is 3.11. The third-order valence-corrected chi connectivity index (χ3v) is 6.18. The van der Waals surface area contributed by atoms with Gasteiger partial charge in [-0.2, -0.15) is 0 Å². The summed E-state index contributed by atoms with van der Waals surface area (Å²) in [4.78, 5) is 19.6. The van der Waals surface area contributed by atoms with Crippen molar-refractivity contribution in [2.75, 3.05) is 0 Å². The number of rotatable bonds is 3. The zero-order valence-corrected chi connectivity index (χ0v) is 16.0. The lowest BCUT2D eigenvalue weighted by atomic mass is 10.1. The third kappa shape index (κ3) is 3.62. The first kappa shape index (κ1) is 17.5. The summed E-state index contributed by atoms with van der Waals surface area (Å²) in [5.41, 5.74) is 0.964. The highest BCUT2D eigenvalue weighted by Gasteiger charge is 2.37. The fourth-order valence-corrected chi connectivity index (χ4v) is 4.88. The van der Waals surface area contributed by atoms with Crippen molar-refractivity contribution in [2.45, 2.75) is 44.6 Å². The molecule has 1 saturated carbocycles. The van der Waals surface area contributed by atoms with Crippen LogP contribution in [0.2, 0.25) is 0 Å². The molecule has 2 aliphatic rings. The van der Waals surface area contributed by atoms with Gasteiger partial charge in [-0.25, -0.2) is 4.98 Å². The Morgan fingerprint density at radius 3 is 2.62 bits per heavy atom. The van der Waals surface area contributed by atoms with Gasteiger partial charge < -0.3 is 4.42 Å². The van der Waals surface area contributed by atoms with Gasteiger partial charge in [-0.3, -0.25) is 9.69 Å². The van der Waals surface area contributed by atoms with Crippen molar-refractivity contribution in [2.24, 2.45) is 0 Å².